The van der Waals surface area contributed by atoms with Crippen molar-refractivity contribution in [3.63, 3.8) is 0 Å². The van der Waals surface area contributed by atoms with Crippen LogP contribution in [0.3, 0.4) is 0 Å². The first-order valence-corrected chi connectivity index (χ1v) is 27.2. The van der Waals surface area contributed by atoms with Gasteiger partial charge in [-0.25, -0.2) is 0 Å². The first kappa shape index (κ1) is 48.7. The zero-order valence-corrected chi connectivity index (χ0v) is 43.7. The number of carbonyl (C=O) groups excluding carboxylic acids is 2. The van der Waals surface area contributed by atoms with E-state index in [1.807, 2.05) is 152 Å². The molecule has 3 heteroatoms. The number of carbonyl (C=O) groups is 2. The Balaban J connectivity index is 0.847. The van der Waals surface area contributed by atoms with Gasteiger partial charge in [-0.1, -0.05) is 237 Å². The molecule has 1 saturated carbocycles. The monoisotopic (exact) mass is 1010 g/mol. The van der Waals surface area contributed by atoms with E-state index in [-0.39, 0.29) is 17.0 Å². The van der Waals surface area contributed by atoms with Crippen molar-refractivity contribution >= 4 is 50.6 Å². The first-order valence-electron chi connectivity index (χ1n) is 27.2. The molecule has 1 fully saturated rings. The maximum atomic E-state index is 15.4. The Morgan fingerprint density at radius 1 is 0.468 bits per heavy atom. The van der Waals surface area contributed by atoms with Gasteiger partial charge >= 0.3 is 0 Å². The van der Waals surface area contributed by atoms with Gasteiger partial charge in [0, 0.05) is 56.4 Å². The van der Waals surface area contributed by atoms with Crippen LogP contribution in [0.4, 0.5) is 0 Å². The predicted octanol–water partition coefficient (Wildman–Crippen LogP) is 17.1. The molecular formula is C76H54O3. The van der Waals surface area contributed by atoms with E-state index in [0.29, 0.717) is 42.1 Å². The minimum atomic E-state index is -0.262. The minimum Gasteiger partial charge on any atom is -0.462 e. The number of Topliss-reactive ketones (excluding diaryl/α,β-unsaturated/α-hetero) is 2. The van der Waals surface area contributed by atoms with Gasteiger partial charge in [-0.3, -0.25) is 9.59 Å². The number of hydrogen-bond donors (Lipinski definition) is 0. The van der Waals surface area contributed by atoms with Gasteiger partial charge in [0.15, 0.2) is 11.6 Å². The number of benzene rings is 8. The second-order valence-corrected chi connectivity index (χ2v) is 20.8. The number of allylic oxidation sites excluding steroid dienone is 17. The lowest BCUT2D eigenvalue weighted by atomic mass is 9.78. The lowest BCUT2D eigenvalue weighted by molar-refractivity contribution is -0.109. The van der Waals surface area contributed by atoms with Crippen LogP contribution in [0, 0.1) is 23.2 Å². The molecule has 0 amide bonds. The highest BCUT2D eigenvalue weighted by Crippen LogP contribution is 2.67. The van der Waals surface area contributed by atoms with Crippen molar-refractivity contribution in [2.24, 2.45) is 11.3 Å². The summed E-state index contributed by atoms with van der Waals surface area (Å²) in [5.74, 6) is 8.46. The molecule has 376 valence electrons. The number of ether oxygens (including phenoxy) is 1. The highest BCUT2D eigenvalue weighted by atomic mass is 16.5. The molecule has 3 nitrogen and oxygen atoms in total. The Hall–Kier alpha value is -9.88. The molecule has 0 saturated heterocycles. The largest absolute Gasteiger partial charge is 0.462 e. The van der Waals surface area contributed by atoms with E-state index < -0.39 is 0 Å². The molecule has 2 atom stereocenters. The number of ketones is 2. The normalized spacial score (nSPS) is 18.3. The summed E-state index contributed by atoms with van der Waals surface area (Å²) in [6.07, 6.45) is 16.2. The molecule has 5 aliphatic rings. The molecule has 13 rings (SSSR count). The third-order valence-corrected chi connectivity index (χ3v) is 15.9. The van der Waals surface area contributed by atoms with E-state index in [4.69, 9.17) is 4.74 Å². The Labute approximate surface area is 462 Å². The van der Waals surface area contributed by atoms with Crippen molar-refractivity contribution < 1.29 is 14.3 Å². The molecule has 5 aliphatic carbocycles. The zero-order valence-electron chi connectivity index (χ0n) is 43.7. The van der Waals surface area contributed by atoms with Gasteiger partial charge in [0.25, 0.3) is 0 Å². The SMILES string of the molecule is C=C(Cc1ccc(C2=C(C3=CC=C(Oc4ccc(C5=C(c6ccccc6)C(=O)C(c6ccc(C#Cc7ccccc7)cc6)=C5c5ccccc5)cc4)CC3)C(C34C=CC=CC3C4)=C(c3ccccc3)C2=O)cc1)c1ccccc1. The summed E-state index contributed by atoms with van der Waals surface area (Å²) >= 11 is 0. The average Bonchev–Trinajstić information content (AvgIpc) is 3.67. The summed E-state index contributed by atoms with van der Waals surface area (Å²) in [6.45, 7) is 4.41. The van der Waals surface area contributed by atoms with Crippen LogP contribution in [0.15, 0.2) is 290 Å². The molecule has 2 unspecified atom stereocenters. The van der Waals surface area contributed by atoms with Crippen molar-refractivity contribution in [3.05, 3.63) is 346 Å². The lowest BCUT2D eigenvalue weighted by Gasteiger charge is -2.25. The van der Waals surface area contributed by atoms with Gasteiger partial charge in [0.1, 0.15) is 11.5 Å². The van der Waals surface area contributed by atoms with Gasteiger partial charge in [0.05, 0.1) is 0 Å². The molecule has 0 bridgehead atoms. The van der Waals surface area contributed by atoms with Crippen LogP contribution >= 0.6 is 0 Å². The summed E-state index contributed by atoms with van der Waals surface area (Å²) in [5.41, 5.74) is 18.3. The second kappa shape index (κ2) is 20.9. The Morgan fingerprint density at radius 2 is 0.937 bits per heavy atom. The summed E-state index contributed by atoms with van der Waals surface area (Å²) in [7, 11) is 0. The Morgan fingerprint density at radius 3 is 1.51 bits per heavy atom. The summed E-state index contributed by atoms with van der Waals surface area (Å²) in [6, 6.07) is 75.5. The van der Waals surface area contributed by atoms with Crippen molar-refractivity contribution in [2.45, 2.75) is 25.7 Å². The second-order valence-electron chi connectivity index (χ2n) is 20.8. The van der Waals surface area contributed by atoms with Crippen LogP contribution in [0.5, 0.6) is 5.75 Å². The van der Waals surface area contributed by atoms with E-state index in [1.165, 1.54) is 0 Å². The van der Waals surface area contributed by atoms with E-state index in [1.54, 1.807) is 0 Å². The first-order chi connectivity index (χ1) is 38.9. The van der Waals surface area contributed by atoms with Gasteiger partial charge in [-0.15, -0.1) is 0 Å². The summed E-state index contributed by atoms with van der Waals surface area (Å²) in [4.78, 5) is 30.5. The molecule has 8 aromatic carbocycles. The molecule has 0 aromatic heterocycles. The van der Waals surface area contributed by atoms with Crippen LogP contribution in [0.25, 0.3) is 39.0 Å². The molecule has 0 spiro atoms. The predicted molar refractivity (Wildman–Crippen MR) is 323 cm³/mol. The van der Waals surface area contributed by atoms with Gasteiger partial charge in [0.2, 0.25) is 0 Å². The third-order valence-electron chi connectivity index (χ3n) is 15.9. The van der Waals surface area contributed by atoms with Crippen molar-refractivity contribution in [1.29, 1.82) is 0 Å². The minimum absolute atomic E-state index is 0.0236. The van der Waals surface area contributed by atoms with Gasteiger partial charge in [-0.2, -0.15) is 0 Å². The van der Waals surface area contributed by atoms with Crippen molar-refractivity contribution in [3.8, 4) is 17.6 Å². The standard InChI is InChI=1S/C76H54O3/c1-51(55-21-9-3-10-22-55)49-54-34-38-62(39-35-54)71-68(73(76-48-18-17-29-63(76)50-76)72(75(71)78)58-27-15-6-16-28-58)60-42-46-65(47-43-60)79-64-44-40-59(41-45-64)67-66(56-23-11-4-12-24-56)70(74(77)69(67)57-25-13-5-14-26-57)61-36-32-53(33-37-61)31-30-52-19-7-2-8-20-52/h2-29,32-42,44-46,48,63H,1,43,47,49-50H2. The van der Waals surface area contributed by atoms with Crippen LogP contribution in [0.1, 0.15) is 74.9 Å². The molecule has 0 aliphatic heterocycles. The average molecular weight is 1020 g/mol. The van der Waals surface area contributed by atoms with E-state index in [9.17, 15) is 0 Å². The van der Waals surface area contributed by atoms with E-state index >= 15 is 9.59 Å². The van der Waals surface area contributed by atoms with Gasteiger partial charge in [-0.05, 0) is 134 Å². The highest BCUT2D eigenvalue weighted by Gasteiger charge is 2.58. The van der Waals surface area contributed by atoms with Crippen LogP contribution in [0.2, 0.25) is 0 Å². The third kappa shape index (κ3) is 9.39. The van der Waals surface area contributed by atoms with Crippen molar-refractivity contribution in [1.82, 2.24) is 0 Å². The maximum Gasteiger partial charge on any atom is 0.195 e. The smallest absolute Gasteiger partial charge is 0.195 e. The molecule has 8 aromatic rings. The van der Waals surface area contributed by atoms with Crippen LogP contribution in [-0.2, 0) is 16.0 Å². The topological polar surface area (TPSA) is 43.4 Å². The number of fused-ring (bicyclic) bond motifs is 1. The Bertz CT molecular complexity index is 4060. The molecular weight excluding hydrogens is 961 g/mol. The van der Waals surface area contributed by atoms with Crippen LogP contribution < -0.4 is 4.74 Å². The highest BCUT2D eigenvalue weighted by molar-refractivity contribution is 6.59. The van der Waals surface area contributed by atoms with E-state index in [2.05, 4.69) is 128 Å². The molecule has 0 heterocycles. The summed E-state index contributed by atoms with van der Waals surface area (Å²) < 4.78 is 6.74. The van der Waals surface area contributed by atoms with Gasteiger partial charge < -0.3 is 4.74 Å². The lowest BCUT2D eigenvalue weighted by Crippen LogP contribution is -2.12. The fourth-order valence-electron chi connectivity index (χ4n) is 12.0. The summed E-state index contributed by atoms with van der Waals surface area (Å²) in [5, 5.41) is 0. The van der Waals surface area contributed by atoms with E-state index in [0.717, 1.165) is 112 Å². The molecule has 0 N–H and O–H groups in total. The number of hydrogen-bond acceptors (Lipinski definition) is 3. The fourth-order valence-corrected chi connectivity index (χ4v) is 12.0. The quantitative estimate of drug-likeness (QED) is 0.108. The fraction of sp³-hybridized carbons (Fsp3) is 0.0789. The zero-order chi connectivity index (χ0) is 53.3. The molecule has 79 heavy (non-hydrogen) atoms. The Kier molecular flexibility index (Phi) is 12.9. The van der Waals surface area contributed by atoms with Crippen molar-refractivity contribution in [2.75, 3.05) is 0 Å². The number of rotatable bonds is 13. The van der Waals surface area contributed by atoms with Crippen LogP contribution in [-0.4, -0.2) is 11.6 Å². The molecule has 0 radical (unpaired) electrons. The maximum absolute atomic E-state index is 15.4.